The quantitative estimate of drug-likeness (QED) is 0.806. The Hall–Kier alpha value is -1.24. The topological polar surface area (TPSA) is 60.2 Å². The lowest BCUT2D eigenvalue weighted by Crippen LogP contribution is -2.17. The molecule has 0 unspecified atom stereocenters. The third-order valence-corrected chi connectivity index (χ3v) is 7.00. The number of hydrogen-bond acceptors (Lipinski definition) is 3. The van der Waals surface area contributed by atoms with Crippen LogP contribution in [0.4, 0.5) is 0 Å². The van der Waals surface area contributed by atoms with E-state index in [0.717, 1.165) is 10.0 Å². The molecule has 1 fully saturated rings. The smallest absolute Gasteiger partial charge is 0.182 e. The van der Waals surface area contributed by atoms with Gasteiger partial charge in [-0.05, 0) is 29.8 Å². The van der Waals surface area contributed by atoms with Crippen LogP contribution in [0.15, 0.2) is 64.0 Å². The van der Waals surface area contributed by atoms with Gasteiger partial charge in [0, 0.05) is 16.3 Å². The molecule has 0 spiro atoms. The van der Waals surface area contributed by atoms with Crippen molar-refractivity contribution < 1.29 is 8.42 Å². The van der Waals surface area contributed by atoms with E-state index in [9.17, 15) is 8.42 Å². The monoisotopic (exact) mass is 395 g/mol. The zero-order valence-corrected chi connectivity index (χ0v) is 14.7. The van der Waals surface area contributed by atoms with Gasteiger partial charge in [-0.3, -0.25) is 0 Å². The Kier molecular flexibility index (Phi) is 4.09. The highest BCUT2D eigenvalue weighted by Crippen LogP contribution is 2.54. The minimum atomic E-state index is -3.45. The summed E-state index contributed by atoms with van der Waals surface area (Å²) in [7, 11) is -3.45. The first-order valence-electron chi connectivity index (χ1n) is 6.76. The van der Waals surface area contributed by atoms with Gasteiger partial charge in [0.1, 0.15) is 0 Å². The largest absolute Gasteiger partial charge is 0.393 e. The van der Waals surface area contributed by atoms with Crippen molar-refractivity contribution in [2.75, 3.05) is 0 Å². The summed E-state index contributed by atoms with van der Waals surface area (Å²) in [5.41, 5.74) is 6.73. The Balaban J connectivity index is 1.99. The summed E-state index contributed by atoms with van der Waals surface area (Å²) < 4.78 is 26.6. The molecule has 3 nitrogen and oxygen atoms in total. The van der Waals surface area contributed by atoms with Gasteiger partial charge < -0.3 is 5.73 Å². The van der Waals surface area contributed by atoms with E-state index in [4.69, 9.17) is 18.0 Å². The van der Waals surface area contributed by atoms with Gasteiger partial charge in [-0.15, -0.1) is 0 Å². The first-order valence-corrected chi connectivity index (χ1v) is 9.51. The summed E-state index contributed by atoms with van der Waals surface area (Å²) in [5, 5.41) is -0.575. The normalized spacial score (nSPS) is 24.0. The molecule has 1 aliphatic carbocycles. The van der Waals surface area contributed by atoms with E-state index < -0.39 is 15.1 Å². The van der Waals surface area contributed by atoms with Crippen molar-refractivity contribution in [1.29, 1.82) is 0 Å². The molecule has 114 valence electrons. The van der Waals surface area contributed by atoms with Gasteiger partial charge in [0.25, 0.3) is 0 Å². The maximum atomic E-state index is 12.8. The SMILES string of the molecule is NC(=S)[C@@H]1[C@H](c2ccc(Br)cc2)[C@@H]1S(=O)(=O)c1ccccc1. The molecule has 2 aromatic carbocycles. The average Bonchev–Trinajstić information content (AvgIpc) is 3.25. The fourth-order valence-corrected chi connectivity index (χ4v) is 5.68. The summed E-state index contributed by atoms with van der Waals surface area (Å²) in [6, 6.07) is 16.1. The second-order valence-corrected chi connectivity index (χ2v) is 8.82. The van der Waals surface area contributed by atoms with Crippen LogP contribution in [0.25, 0.3) is 0 Å². The van der Waals surface area contributed by atoms with Crippen molar-refractivity contribution in [1.82, 2.24) is 0 Å². The lowest BCUT2D eigenvalue weighted by molar-refractivity contribution is 0.593. The van der Waals surface area contributed by atoms with E-state index in [0.29, 0.717) is 4.90 Å². The van der Waals surface area contributed by atoms with Crippen LogP contribution in [0.5, 0.6) is 0 Å². The van der Waals surface area contributed by atoms with Gasteiger partial charge in [0.15, 0.2) is 9.84 Å². The first kappa shape index (κ1) is 15.6. The predicted molar refractivity (Wildman–Crippen MR) is 94.6 cm³/mol. The highest BCUT2D eigenvalue weighted by molar-refractivity contribution is 9.10. The van der Waals surface area contributed by atoms with Crippen molar-refractivity contribution >= 4 is 43.0 Å². The fourth-order valence-electron chi connectivity index (χ4n) is 2.86. The molecule has 6 heteroatoms. The van der Waals surface area contributed by atoms with Crippen LogP contribution in [-0.2, 0) is 9.84 Å². The highest BCUT2D eigenvalue weighted by atomic mass is 79.9. The Labute approximate surface area is 143 Å². The van der Waals surface area contributed by atoms with Gasteiger partial charge in [-0.2, -0.15) is 0 Å². The molecule has 22 heavy (non-hydrogen) atoms. The average molecular weight is 396 g/mol. The van der Waals surface area contributed by atoms with E-state index in [1.54, 1.807) is 30.3 Å². The predicted octanol–water partition coefficient (Wildman–Crippen LogP) is 3.29. The minimum absolute atomic E-state index is 0.171. The molecular weight excluding hydrogens is 382 g/mol. The Morgan fingerprint density at radius 3 is 2.18 bits per heavy atom. The summed E-state index contributed by atoms with van der Waals surface area (Å²) in [5.74, 6) is -0.475. The zero-order valence-electron chi connectivity index (χ0n) is 11.5. The molecule has 2 N–H and O–H groups in total. The molecule has 0 radical (unpaired) electrons. The van der Waals surface area contributed by atoms with Crippen LogP contribution < -0.4 is 5.73 Å². The summed E-state index contributed by atoms with van der Waals surface area (Å²) in [4.78, 5) is 0.582. The van der Waals surface area contributed by atoms with Crippen molar-refractivity contribution in [2.45, 2.75) is 16.1 Å². The van der Waals surface area contributed by atoms with E-state index in [2.05, 4.69) is 15.9 Å². The minimum Gasteiger partial charge on any atom is -0.393 e. The molecule has 0 amide bonds. The zero-order chi connectivity index (χ0) is 15.9. The van der Waals surface area contributed by atoms with Crippen LogP contribution in [0.3, 0.4) is 0 Å². The van der Waals surface area contributed by atoms with E-state index >= 15 is 0 Å². The molecular formula is C16H14BrNO2S2. The second-order valence-electron chi connectivity index (χ2n) is 5.33. The van der Waals surface area contributed by atoms with Crippen LogP contribution in [0.1, 0.15) is 11.5 Å². The first-order chi connectivity index (χ1) is 10.4. The standard InChI is InChI=1S/C16H14BrNO2S2/c17-11-8-6-10(7-9-11)13-14(16(18)21)15(13)22(19,20)12-4-2-1-3-5-12/h1-9,13-15H,(H2,18,21)/t13-,14+,15-/m0/s1. The number of hydrogen-bond donors (Lipinski definition) is 1. The third-order valence-electron chi connectivity index (χ3n) is 3.97. The van der Waals surface area contributed by atoms with Crippen LogP contribution >= 0.6 is 28.1 Å². The lowest BCUT2D eigenvalue weighted by Gasteiger charge is -2.04. The summed E-state index contributed by atoms with van der Waals surface area (Å²) >= 11 is 8.47. The molecule has 3 rings (SSSR count). The molecule has 0 heterocycles. The van der Waals surface area contributed by atoms with Gasteiger partial charge in [0.2, 0.25) is 0 Å². The van der Waals surface area contributed by atoms with Crippen molar-refractivity contribution in [3.8, 4) is 0 Å². The number of benzene rings is 2. The van der Waals surface area contributed by atoms with E-state index in [1.807, 2.05) is 24.3 Å². The van der Waals surface area contributed by atoms with Crippen molar-refractivity contribution in [3.05, 3.63) is 64.6 Å². The molecule has 1 saturated carbocycles. The van der Waals surface area contributed by atoms with Crippen molar-refractivity contribution in [2.24, 2.45) is 11.7 Å². The number of halogens is 1. The molecule has 0 aliphatic heterocycles. The maximum absolute atomic E-state index is 12.8. The molecule has 3 atom stereocenters. The number of thiocarbonyl (C=S) groups is 1. The molecule has 0 bridgehead atoms. The number of nitrogens with two attached hydrogens (primary N) is 1. The Morgan fingerprint density at radius 2 is 1.64 bits per heavy atom. The highest BCUT2D eigenvalue weighted by Gasteiger charge is 2.60. The maximum Gasteiger partial charge on any atom is 0.182 e. The Bertz CT molecular complexity index is 804. The van der Waals surface area contributed by atoms with Gasteiger partial charge >= 0.3 is 0 Å². The third kappa shape index (κ3) is 2.71. The molecule has 2 aromatic rings. The Morgan fingerprint density at radius 1 is 1.05 bits per heavy atom. The lowest BCUT2D eigenvalue weighted by atomic mass is 10.1. The molecule has 0 aromatic heterocycles. The van der Waals surface area contributed by atoms with Crippen LogP contribution in [-0.4, -0.2) is 18.7 Å². The number of rotatable bonds is 4. The number of sulfone groups is 1. The summed E-state index contributed by atoms with van der Waals surface area (Å²) in [6.07, 6.45) is 0. The van der Waals surface area contributed by atoms with Gasteiger partial charge in [0.05, 0.1) is 15.1 Å². The van der Waals surface area contributed by atoms with Crippen molar-refractivity contribution in [3.63, 3.8) is 0 Å². The van der Waals surface area contributed by atoms with Gasteiger partial charge in [-0.1, -0.05) is 58.5 Å². The molecule has 1 aliphatic rings. The van der Waals surface area contributed by atoms with E-state index in [-0.39, 0.29) is 16.8 Å². The summed E-state index contributed by atoms with van der Waals surface area (Å²) in [6.45, 7) is 0. The van der Waals surface area contributed by atoms with Crippen LogP contribution in [0.2, 0.25) is 0 Å². The van der Waals surface area contributed by atoms with Crippen LogP contribution in [0, 0.1) is 5.92 Å². The second kappa shape index (κ2) is 5.76. The fraction of sp³-hybridized carbons (Fsp3) is 0.188. The van der Waals surface area contributed by atoms with Gasteiger partial charge in [-0.25, -0.2) is 8.42 Å². The molecule has 0 saturated heterocycles. The van der Waals surface area contributed by atoms with E-state index in [1.165, 1.54) is 0 Å².